The molecule has 1 amide bonds. The second kappa shape index (κ2) is 8.37. The first-order chi connectivity index (χ1) is 14.3. The molecular formula is C25H32N2O3. The smallest absolute Gasteiger partial charge is 0.339 e. The van der Waals surface area contributed by atoms with Crippen LogP contribution in [0.25, 0.3) is 10.9 Å². The molecule has 1 aromatic heterocycles. The third kappa shape index (κ3) is 4.35. The molecule has 0 bridgehead atoms. The summed E-state index contributed by atoms with van der Waals surface area (Å²) in [4.78, 5) is 30.3. The molecule has 0 radical (unpaired) electrons. The molecule has 2 aromatic rings. The molecule has 1 aromatic carbocycles. The van der Waals surface area contributed by atoms with E-state index >= 15 is 0 Å². The van der Waals surface area contributed by atoms with Gasteiger partial charge in [-0.05, 0) is 55.1 Å². The number of esters is 1. The number of para-hydroxylation sites is 1. The molecule has 0 aliphatic heterocycles. The van der Waals surface area contributed by atoms with Crippen LogP contribution in [0.5, 0.6) is 0 Å². The van der Waals surface area contributed by atoms with Crippen LogP contribution in [0.3, 0.4) is 0 Å². The van der Waals surface area contributed by atoms with Gasteiger partial charge >= 0.3 is 5.97 Å². The fraction of sp³-hybridized carbons (Fsp3) is 0.560. The van der Waals surface area contributed by atoms with Crippen molar-refractivity contribution in [2.45, 2.75) is 71.8 Å². The molecule has 1 unspecified atom stereocenters. The van der Waals surface area contributed by atoms with Crippen molar-refractivity contribution in [1.29, 1.82) is 0 Å². The Kier molecular flexibility index (Phi) is 5.81. The lowest BCUT2D eigenvalue weighted by atomic mass is 9.70. The van der Waals surface area contributed by atoms with Gasteiger partial charge in [-0.15, -0.1) is 0 Å². The quantitative estimate of drug-likeness (QED) is 0.751. The van der Waals surface area contributed by atoms with Crippen LogP contribution in [0.2, 0.25) is 0 Å². The van der Waals surface area contributed by atoms with Gasteiger partial charge in [-0.1, -0.05) is 51.8 Å². The minimum absolute atomic E-state index is 0.158. The summed E-state index contributed by atoms with van der Waals surface area (Å²) < 4.78 is 5.52. The summed E-state index contributed by atoms with van der Waals surface area (Å²) in [6.07, 6.45) is 7.07. The van der Waals surface area contributed by atoms with E-state index in [0.29, 0.717) is 11.5 Å². The summed E-state index contributed by atoms with van der Waals surface area (Å²) in [5.41, 5.74) is 3.56. The van der Waals surface area contributed by atoms with Gasteiger partial charge in [0.05, 0.1) is 11.1 Å². The zero-order valence-electron chi connectivity index (χ0n) is 18.3. The van der Waals surface area contributed by atoms with Gasteiger partial charge in [0.1, 0.15) is 0 Å². The molecule has 2 aliphatic carbocycles. The third-order valence-corrected chi connectivity index (χ3v) is 6.74. The number of carbonyl (C=O) groups is 2. The predicted octanol–water partition coefficient (Wildman–Crippen LogP) is 4.60. The van der Waals surface area contributed by atoms with E-state index in [4.69, 9.17) is 9.72 Å². The minimum Gasteiger partial charge on any atom is -0.452 e. The Bertz CT molecular complexity index is 955. The molecule has 2 aliphatic rings. The Balaban J connectivity index is 1.60. The van der Waals surface area contributed by atoms with Crippen LogP contribution >= 0.6 is 0 Å². The van der Waals surface area contributed by atoms with Crippen molar-refractivity contribution in [3.05, 3.63) is 41.1 Å². The van der Waals surface area contributed by atoms with Crippen LogP contribution in [0, 0.1) is 11.3 Å². The van der Waals surface area contributed by atoms with E-state index < -0.39 is 5.97 Å². The maximum absolute atomic E-state index is 13.2. The fourth-order valence-corrected chi connectivity index (χ4v) is 4.90. The molecule has 1 atom stereocenters. The van der Waals surface area contributed by atoms with Gasteiger partial charge in [-0.2, -0.15) is 0 Å². The molecule has 5 heteroatoms. The topological polar surface area (TPSA) is 68.3 Å². The van der Waals surface area contributed by atoms with E-state index in [9.17, 15) is 9.59 Å². The van der Waals surface area contributed by atoms with Gasteiger partial charge in [0.25, 0.3) is 5.91 Å². The minimum atomic E-state index is -0.416. The summed E-state index contributed by atoms with van der Waals surface area (Å²) in [5.74, 6) is -0.152. The predicted molar refractivity (Wildman–Crippen MR) is 117 cm³/mol. The largest absolute Gasteiger partial charge is 0.452 e. The number of ether oxygens (including phenoxy) is 1. The highest BCUT2D eigenvalue weighted by Gasteiger charge is 2.33. The summed E-state index contributed by atoms with van der Waals surface area (Å²) in [7, 11) is 0. The molecule has 0 spiro atoms. The molecule has 1 heterocycles. The molecule has 30 heavy (non-hydrogen) atoms. The van der Waals surface area contributed by atoms with Gasteiger partial charge in [-0.25, -0.2) is 4.79 Å². The number of nitrogens with zero attached hydrogens (tertiary/aromatic N) is 1. The van der Waals surface area contributed by atoms with E-state index in [0.717, 1.165) is 67.1 Å². The van der Waals surface area contributed by atoms with Crippen LogP contribution < -0.4 is 5.32 Å². The summed E-state index contributed by atoms with van der Waals surface area (Å²) in [6, 6.07) is 7.95. The molecule has 160 valence electrons. The molecule has 0 saturated heterocycles. The van der Waals surface area contributed by atoms with Crippen LogP contribution in [0.4, 0.5) is 0 Å². The Morgan fingerprint density at radius 3 is 2.60 bits per heavy atom. The Hall–Kier alpha value is -2.43. The van der Waals surface area contributed by atoms with Crippen molar-refractivity contribution >= 4 is 22.8 Å². The number of benzene rings is 1. The number of aryl methyl sites for hydroxylation is 1. The Morgan fingerprint density at radius 2 is 1.87 bits per heavy atom. The van der Waals surface area contributed by atoms with Crippen molar-refractivity contribution in [3.63, 3.8) is 0 Å². The summed E-state index contributed by atoms with van der Waals surface area (Å²) >= 11 is 0. The third-order valence-electron chi connectivity index (χ3n) is 6.74. The highest BCUT2D eigenvalue weighted by molar-refractivity contribution is 6.05. The molecule has 5 nitrogen and oxygen atoms in total. The fourth-order valence-electron chi connectivity index (χ4n) is 4.90. The van der Waals surface area contributed by atoms with Gasteiger partial charge < -0.3 is 10.1 Å². The number of aromatic nitrogens is 1. The first-order valence-corrected chi connectivity index (χ1v) is 11.2. The zero-order chi connectivity index (χ0) is 21.3. The second-order valence-corrected chi connectivity index (χ2v) is 9.86. The van der Waals surface area contributed by atoms with E-state index in [1.807, 2.05) is 24.3 Å². The maximum Gasteiger partial charge on any atom is 0.339 e. The number of amides is 1. The second-order valence-electron chi connectivity index (χ2n) is 9.86. The highest BCUT2D eigenvalue weighted by atomic mass is 16.5. The van der Waals surface area contributed by atoms with Crippen LogP contribution in [-0.4, -0.2) is 29.5 Å². The van der Waals surface area contributed by atoms with Crippen molar-refractivity contribution in [3.8, 4) is 0 Å². The van der Waals surface area contributed by atoms with Gasteiger partial charge in [-0.3, -0.25) is 9.78 Å². The molecular weight excluding hydrogens is 376 g/mol. The number of hydrogen-bond donors (Lipinski definition) is 1. The van der Waals surface area contributed by atoms with Crippen LogP contribution in [-0.2, 0) is 22.4 Å². The number of pyridine rings is 1. The lowest BCUT2D eigenvalue weighted by Gasteiger charge is -2.35. The number of fused-ring (bicyclic) bond motifs is 2. The standard InChI is InChI=1S/C25H32N2O3/c1-25(2,3)16-12-13-21-19(14-16)23(18-10-6-7-11-20(18)27-21)24(29)30-15-22(28)26-17-8-4-5-9-17/h6-7,10-11,16-17H,4-5,8-9,12-15H2,1-3H3,(H,26,28). The molecule has 1 fully saturated rings. The molecule has 1 N–H and O–H groups in total. The van der Waals surface area contributed by atoms with Gasteiger partial charge in [0.15, 0.2) is 6.61 Å². The van der Waals surface area contributed by atoms with E-state index in [-0.39, 0.29) is 24.0 Å². The first kappa shape index (κ1) is 20.8. The maximum atomic E-state index is 13.2. The summed E-state index contributed by atoms with van der Waals surface area (Å²) in [5, 5.41) is 3.80. The van der Waals surface area contributed by atoms with Gasteiger partial charge in [0.2, 0.25) is 0 Å². The highest BCUT2D eigenvalue weighted by Crippen LogP contribution is 2.39. The Labute approximate surface area is 178 Å². The molecule has 4 rings (SSSR count). The van der Waals surface area contributed by atoms with E-state index in [1.54, 1.807) is 0 Å². The average molecular weight is 409 g/mol. The Morgan fingerprint density at radius 1 is 1.13 bits per heavy atom. The van der Waals surface area contributed by atoms with E-state index in [1.165, 1.54) is 0 Å². The number of hydrogen-bond acceptors (Lipinski definition) is 4. The first-order valence-electron chi connectivity index (χ1n) is 11.2. The van der Waals surface area contributed by atoms with Crippen LogP contribution in [0.15, 0.2) is 24.3 Å². The summed E-state index contributed by atoms with van der Waals surface area (Å²) in [6.45, 7) is 6.52. The van der Waals surface area contributed by atoms with Crippen molar-refractivity contribution in [2.75, 3.05) is 6.61 Å². The lowest BCUT2D eigenvalue weighted by Crippen LogP contribution is -2.36. The zero-order valence-corrected chi connectivity index (χ0v) is 18.3. The number of carbonyl (C=O) groups excluding carboxylic acids is 2. The normalized spacial score (nSPS) is 19.5. The van der Waals surface area contributed by atoms with Crippen molar-refractivity contribution in [2.24, 2.45) is 11.3 Å². The number of nitrogens with one attached hydrogen (secondary N) is 1. The van der Waals surface area contributed by atoms with E-state index in [2.05, 4.69) is 26.1 Å². The number of rotatable bonds is 4. The van der Waals surface area contributed by atoms with Gasteiger partial charge in [0, 0.05) is 17.1 Å². The SMILES string of the molecule is CC(C)(C)C1CCc2nc3ccccc3c(C(=O)OCC(=O)NC3CCCC3)c2C1. The lowest BCUT2D eigenvalue weighted by molar-refractivity contribution is -0.124. The van der Waals surface area contributed by atoms with Crippen molar-refractivity contribution < 1.29 is 14.3 Å². The molecule has 1 saturated carbocycles. The monoisotopic (exact) mass is 408 g/mol. The van der Waals surface area contributed by atoms with Crippen LogP contribution in [0.1, 0.15) is 74.5 Å². The average Bonchev–Trinajstić information content (AvgIpc) is 3.22. The van der Waals surface area contributed by atoms with Crippen molar-refractivity contribution in [1.82, 2.24) is 10.3 Å².